The summed E-state index contributed by atoms with van der Waals surface area (Å²) in [5.41, 5.74) is 2.88. The fourth-order valence-electron chi connectivity index (χ4n) is 3.61. The summed E-state index contributed by atoms with van der Waals surface area (Å²) in [4.78, 5) is 14.7. The van der Waals surface area contributed by atoms with Crippen LogP contribution in [0.15, 0.2) is 36.4 Å². The highest BCUT2D eigenvalue weighted by molar-refractivity contribution is 5.76. The average Bonchev–Trinajstić information content (AvgIpc) is 3.05. The molecule has 1 aliphatic heterocycles. The molecule has 1 aromatic rings. The van der Waals surface area contributed by atoms with Crippen molar-refractivity contribution in [2.45, 2.75) is 51.6 Å². The molecule has 3 rings (SSSR count). The van der Waals surface area contributed by atoms with Gasteiger partial charge in [0.05, 0.1) is 0 Å². The molecule has 124 valence electrons. The van der Waals surface area contributed by atoms with Gasteiger partial charge in [-0.15, -0.1) is 0 Å². The van der Waals surface area contributed by atoms with E-state index in [1.165, 1.54) is 11.1 Å². The Bertz CT molecular complexity index is 591. The third kappa shape index (κ3) is 4.03. The molecule has 3 nitrogen and oxygen atoms in total. The lowest BCUT2D eigenvalue weighted by Gasteiger charge is -2.41. The van der Waals surface area contributed by atoms with Gasteiger partial charge in [-0.05, 0) is 50.2 Å². The molecule has 1 aromatic carbocycles. The maximum atomic E-state index is 12.2. The maximum absolute atomic E-state index is 12.2. The van der Waals surface area contributed by atoms with Gasteiger partial charge in [0, 0.05) is 31.6 Å². The minimum Gasteiger partial charge on any atom is -0.354 e. The molecule has 0 saturated heterocycles. The van der Waals surface area contributed by atoms with Gasteiger partial charge in [-0.3, -0.25) is 9.69 Å². The zero-order valence-corrected chi connectivity index (χ0v) is 14.3. The van der Waals surface area contributed by atoms with E-state index in [1.54, 1.807) is 0 Å². The fourth-order valence-corrected chi connectivity index (χ4v) is 3.61. The summed E-state index contributed by atoms with van der Waals surface area (Å²) in [5, 5.41) is 3.16. The van der Waals surface area contributed by atoms with E-state index in [4.69, 9.17) is 0 Å². The molecular formula is C20H28N2O. The number of nitrogens with one attached hydrogen (secondary N) is 1. The molecule has 1 atom stereocenters. The van der Waals surface area contributed by atoms with E-state index in [0.717, 1.165) is 32.4 Å². The summed E-state index contributed by atoms with van der Waals surface area (Å²) in [5.74, 6) is 0.631. The van der Waals surface area contributed by atoms with Crippen LogP contribution in [0.3, 0.4) is 0 Å². The number of benzene rings is 1. The summed E-state index contributed by atoms with van der Waals surface area (Å²) in [7, 11) is 0. The molecular weight excluding hydrogens is 284 g/mol. The standard InChI is InChI=1S/C20H28N2O/c1-20(2,15-21-19(23)13-16-7-3-4-8-16)22-12-11-17-9-5-6-10-18(17)14-22/h3,5-7,9-10,16H,4,8,11-15H2,1-2H3,(H,21,23). The van der Waals surface area contributed by atoms with Gasteiger partial charge in [0.15, 0.2) is 0 Å². The molecule has 0 radical (unpaired) electrons. The molecule has 0 bridgehead atoms. The third-order valence-electron chi connectivity index (χ3n) is 5.26. The van der Waals surface area contributed by atoms with Crippen molar-refractivity contribution < 1.29 is 4.79 Å². The van der Waals surface area contributed by atoms with Crippen molar-refractivity contribution in [3.63, 3.8) is 0 Å². The van der Waals surface area contributed by atoms with E-state index in [1.807, 2.05) is 0 Å². The lowest BCUT2D eigenvalue weighted by molar-refractivity contribution is -0.122. The van der Waals surface area contributed by atoms with Crippen LogP contribution in [-0.4, -0.2) is 29.4 Å². The Morgan fingerprint density at radius 3 is 2.83 bits per heavy atom. The number of amides is 1. The quantitative estimate of drug-likeness (QED) is 0.846. The van der Waals surface area contributed by atoms with Crippen molar-refractivity contribution in [3.05, 3.63) is 47.5 Å². The second kappa shape index (κ2) is 6.88. The van der Waals surface area contributed by atoms with Crippen molar-refractivity contribution in [1.82, 2.24) is 10.2 Å². The van der Waals surface area contributed by atoms with Gasteiger partial charge in [-0.2, -0.15) is 0 Å². The zero-order valence-electron chi connectivity index (χ0n) is 14.3. The van der Waals surface area contributed by atoms with E-state index in [9.17, 15) is 4.79 Å². The van der Waals surface area contributed by atoms with Gasteiger partial charge in [0.25, 0.3) is 0 Å². The van der Waals surface area contributed by atoms with Crippen molar-refractivity contribution in [1.29, 1.82) is 0 Å². The van der Waals surface area contributed by atoms with Crippen molar-refractivity contribution in [2.75, 3.05) is 13.1 Å². The second-order valence-corrected chi connectivity index (χ2v) is 7.50. The van der Waals surface area contributed by atoms with Gasteiger partial charge in [-0.1, -0.05) is 36.4 Å². The number of fused-ring (bicyclic) bond motifs is 1. The van der Waals surface area contributed by atoms with Crippen LogP contribution in [0.5, 0.6) is 0 Å². The number of hydrogen-bond acceptors (Lipinski definition) is 2. The number of rotatable bonds is 5. The van der Waals surface area contributed by atoms with Gasteiger partial charge in [0.2, 0.25) is 5.91 Å². The molecule has 1 amide bonds. The first-order valence-electron chi connectivity index (χ1n) is 8.80. The first-order valence-corrected chi connectivity index (χ1v) is 8.80. The number of carbonyl (C=O) groups excluding carboxylic acids is 1. The number of hydrogen-bond donors (Lipinski definition) is 1. The second-order valence-electron chi connectivity index (χ2n) is 7.50. The molecule has 0 spiro atoms. The summed E-state index contributed by atoms with van der Waals surface area (Å²) in [6.07, 6.45) is 8.35. The molecule has 23 heavy (non-hydrogen) atoms. The monoisotopic (exact) mass is 312 g/mol. The molecule has 2 aliphatic rings. The predicted molar refractivity (Wildman–Crippen MR) is 94.1 cm³/mol. The molecule has 0 saturated carbocycles. The molecule has 1 N–H and O–H groups in total. The van der Waals surface area contributed by atoms with E-state index in [2.05, 4.69) is 60.5 Å². The Morgan fingerprint density at radius 1 is 1.30 bits per heavy atom. The van der Waals surface area contributed by atoms with Crippen LogP contribution in [0.1, 0.15) is 44.2 Å². The minimum atomic E-state index is -0.0191. The van der Waals surface area contributed by atoms with Crippen molar-refractivity contribution >= 4 is 5.91 Å². The van der Waals surface area contributed by atoms with Crippen LogP contribution in [0.2, 0.25) is 0 Å². The fraction of sp³-hybridized carbons (Fsp3) is 0.550. The molecule has 1 aliphatic carbocycles. The normalized spacial score (nSPS) is 21.2. The van der Waals surface area contributed by atoms with E-state index in [-0.39, 0.29) is 11.4 Å². The lowest BCUT2D eigenvalue weighted by atomic mass is 9.94. The van der Waals surface area contributed by atoms with Crippen LogP contribution < -0.4 is 5.32 Å². The summed E-state index contributed by atoms with van der Waals surface area (Å²) < 4.78 is 0. The number of nitrogens with zero attached hydrogens (tertiary/aromatic N) is 1. The van der Waals surface area contributed by atoms with Crippen LogP contribution in [-0.2, 0) is 17.8 Å². The third-order valence-corrected chi connectivity index (χ3v) is 5.26. The Kier molecular flexibility index (Phi) is 4.86. The van der Waals surface area contributed by atoms with Crippen LogP contribution >= 0.6 is 0 Å². The van der Waals surface area contributed by atoms with E-state index >= 15 is 0 Å². The Morgan fingerprint density at radius 2 is 2.09 bits per heavy atom. The Balaban J connectivity index is 1.52. The molecule has 0 aromatic heterocycles. The first-order chi connectivity index (χ1) is 11.0. The van der Waals surface area contributed by atoms with Crippen molar-refractivity contribution in [2.24, 2.45) is 5.92 Å². The number of allylic oxidation sites excluding steroid dienone is 2. The molecule has 0 fully saturated rings. The lowest BCUT2D eigenvalue weighted by Crippen LogP contribution is -2.53. The van der Waals surface area contributed by atoms with Crippen LogP contribution in [0.4, 0.5) is 0 Å². The zero-order chi connectivity index (χ0) is 16.3. The molecule has 3 heteroatoms. The van der Waals surface area contributed by atoms with Gasteiger partial charge >= 0.3 is 0 Å². The highest BCUT2D eigenvalue weighted by Crippen LogP contribution is 2.25. The summed E-state index contributed by atoms with van der Waals surface area (Å²) in [6.45, 7) is 7.22. The SMILES string of the molecule is CC(C)(CNC(=O)CC1C=CCC1)N1CCc2ccccc2C1. The highest BCUT2D eigenvalue weighted by atomic mass is 16.1. The summed E-state index contributed by atoms with van der Waals surface area (Å²) in [6, 6.07) is 8.70. The first kappa shape index (κ1) is 16.3. The predicted octanol–water partition coefficient (Wildman–Crippen LogP) is 3.30. The average molecular weight is 312 g/mol. The van der Waals surface area contributed by atoms with E-state index in [0.29, 0.717) is 18.9 Å². The van der Waals surface area contributed by atoms with E-state index < -0.39 is 0 Å². The Labute approximate surface area is 139 Å². The van der Waals surface area contributed by atoms with Crippen LogP contribution in [0.25, 0.3) is 0 Å². The van der Waals surface area contributed by atoms with Gasteiger partial charge in [-0.25, -0.2) is 0 Å². The minimum absolute atomic E-state index is 0.0191. The largest absolute Gasteiger partial charge is 0.354 e. The Hall–Kier alpha value is -1.61. The summed E-state index contributed by atoms with van der Waals surface area (Å²) >= 11 is 0. The van der Waals surface area contributed by atoms with Gasteiger partial charge in [0.1, 0.15) is 0 Å². The smallest absolute Gasteiger partial charge is 0.220 e. The molecule has 1 heterocycles. The topological polar surface area (TPSA) is 32.3 Å². The van der Waals surface area contributed by atoms with Gasteiger partial charge < -0.3 is 5.32 Å². The van der Waals surface area contributed by atoms with Crippen molar-refractivity contribution in [3.8, 4) is 0 Å². The molecule has 1 unspecified atom stereocenters. The highest BCUT2D eigenvalue weighted by Gasteiger charge is 2.30. The maximum Gasteiger partial charge on any atom is 0.220 e. The number of carbonyl (C=O) groups is 1. The van der Waals surface area contributed by atoms with Crippen LogP contribution in [0, 0.1) is 5.92 Å².